The Labute approximate surface area is 351 Å². The molecule has 15 heteroatoms. The van der Waals surface area contributed by atoms with Gasteiger partial charge in [-0.2, -0.15) is 0 Å². The molecule has 0 unspecified atom stereocenters. The molecule has 2 amide bonds. The molecule has 7 rings (SSSR count). The van der Waals surface area contributed by atoms with Crippen molar-refractivity contribution in [1.29, 1.82) is 0 Å². The average molecular weight is 848 g/mol. The summed E-state index contributed by atoms with van der Waals surface area (Å²) in [5, 5.41) is 17.4. The van der Waals surface area contributed by atoms with Gasteiger partial charge in [0.25, 0.3) is 5.56 Å². The van der Waals surface area contributed by atoms with Crippen molar-refractivity contribution in [3.63, 3.8) is 0 Å². The number of carbonyl (C=O) groups is 2. The highest BCUT2D eigenvalue weighted by atomic mass is 35.5. The molecule has 2 aromatic carbocycles. The van der Waals surface area contributed by atoms with Crippen LogP contribution in [-0.2, 0) is 22.6 Å². The zero-order chi connectivity index (χ0) is 41.5. The maximum Gasteiger partial charge on any atom is 0.410 e. The second-order valence-corrected chi connectivity index (χ2v) is 17.4. The van der Waals surface area contributed by atoms with Gasteiger partial charge in [-0.1, -0.05) is 71.2 Å². The number of nitrogens with zero attached hydrogens (tertiary/aromatic N) is 4. The van der Waals surface area contributed by atoms with Gasteiger partial charge in [0.15, 0.2) is 0 Å². The summed E-state index contributed by atoms with van der Waals surface area (Å²) in [5.74, 6) is 0.139. The monoisotopic (exact) mass is 846 g/mol. The second-order valence-electron chi connectivity index (χ2n) is 16.2. The van der Waals surface area contributed by atoms with Gasteiger partial charge in [-0.05, 0) is 70.7 Å². The summed E-state index contributed by atoms with van der Waals surface area (Å²) >= 11 is 21.3. The van der Waals surface area contributed by atoms with Crippen LogP contribution in [0.5, 0.6) is 5.88 Å². The molecule has 1 aliphatic heterocycles. The molecule has 5 aromatic rings. The second kappa shape index (κ2) is 16.5. The van der Waals surface area contributed by atoms with Crippen molar-refractivity contribution in [2.24, 2.45) is 0 Å². The standard InChI is InChI=1S/C43H45Cl3N6O6/c1-42(2,3)58-41(55)51(22-26-12-13-36(53)49-26)23-32-33(44)17-34(50-39(32)57-5)31-11-7-10-30(38(31)46)29-9-6-8-28(37(29)45)24-14-15-52-35(16-24)48-21-25(40(52)54)20-47-27-18-43(4,56)19-27/h6-11,14-17,21,26-27,47,56H,12-13,18-20,22-23H2,1-5H3,(H,49,53)/t26-,27?,43?/m0/s1. The number of aliphatic hydroxyl groups is 1. The van der Waals surface area contributed by atoms with Gasteiger partial charge < -0.3 is 30.1 Å². The van der Waals surface area contributed by atoms with Gasteiger partial charge in [0.05, 0.1) is 51.1 Å². The lowest BCUT2D eigenvalue weighted by molar-refractivity contribution is -0.119. The minimum atomic E-state index is -0.745. The number of fused-ring (bicyclic) bond motifs is 1. The largest absolute Gasteiger partial charge is 0.481 e. The number of ether oxygens (including phenoxy) is 2. The first-order valence-electron chi connectivity index (χ1n) is 19.0. The quantitative estimate of drug-likeness (QED) is 0.120. The summed E-state index contributed by atoms with van der Waals surface area (Å²) in [5.41, 5.74) is 3.74. The van der Waals surface area contributed by atoms with Crippen LogP contribution in [-0.4, -0.2) is 73.3 Å². The van der Waals surface area contributed by atoms with Crippen molar-refractivity contribution in [2.75, 3.05) is 13.7 Å². The number of benzene rings is 2. The van der Waals surface area contributed by atoms with Gasteiger partial charge in [0, 0.05) is 66.2 Å². The van der Waals surface area contributed by atoms with Gasteiger partial charge in [-0.15, -0.1) is 0 Å². The third-order valence-corrected chi connectivity index (χ3v) is 11.5. The Kier molecular flexibility index (Phi) is 11.8. The SMILES string of the molecule is COc1nc(-c2cccc(-c3cccc(-c4ccn5c(=O)c(CNC6CC(C)(O)C6)cnc5c4)c3Cl)c2Cl)cc(Cl)c1CN(C[C@@H]1CCC(=O)N1)C(=O)OC(C)(C)C. The molecule has 3 aromatic heterocycles. The topological polar surface area (TPSA) is 147 Å². The van der Waals surface area contributed by atoms with E-state index in [1.807, 2.05) is 55.5 Å². The highest BCUT2D eigenvalue weighted by Gasteiger charge is 2.38. The molecule has 1 saturated carbocycles. The van der Waals surface area contributed by atoms with Gasteiger partial charge in [-0.25, -0.2) is 14.8 Å². The lowest BCUT2D eigenvalue weighted by Crippen LogP contribution is -2.51. The number of carbonyl (C=O) groups excluding carboxylic acids is 2. The number of pyridine rings is 2. The van der Waals surface area contributed by atoms with Crippen molar-refractivity contribution >= 4 is 52.5 Å². The van der Waals surface area contributed by atoms with Crippen LogP contribution in [0.4, 0.5) is 4.79 Å². The smallest absolute Gasteiger partial charge is 0.410 e. The zero-order valence-electron chi connectivity index (χ0n) is 32.9. The number of halogens is 3. The molecule has 0 bridgehead atoms. The van der Waals surface area contributed by atoms with Crippen LogP contribution >= 0.6 is 34.8 Å². The maximum absolute atomic E-state index is 13.4. The number of rotatable bonds is 11. The highest BCUT2D eigenvalue weighted by Crippen LogP contribution is 2.43. The number of hydrogen-bond acceptors (Lipinski definition) is 9. The summed E-state index contributed by atoms with van der Waals surface area (Å²) in [6.07, 6.45) is 4.99. The van der Waals surface area contributed by atoms with Crippen molar-refractivity contribution < 1.29 is 24.2 Å². The van der Waals surface area contributed by atoms with Crippen LogP contribution in [0.25, 0.3) is 39.2 Å². The number of aromatic nitrogens is 3. The number of methoxy groups -OCH3 is 1. The van der Waals surface area contributed by atoms with Crippen LogP contribution in [0.2, 0.25) is 15.1 Å². The summed E-state index contributed by atoms with van der Waals surface area (Å²) in [7, 11) is 1.47. The summed E-state index contributed by atoms with van der Waals surface area (Å²) in [6, 6.07) is 16.4. The van der Waals surface area contributed by atoms with E-state index in [2.05, 4.69) is 15.6 Å². The number of nitrogens with one attached hydrogen (secondary N) is 2. The Hall–Kier alpha value is -4.72. The maximum atomic E-state index is 13.4. The van der Waals surface area contributed by atoms with Gasteiger partial charge in [0.1, 0.15) is 11.2 Å². The number of hydrogen-bond donors (Lipinski definition) is 3. The van der Waals surface area contributed by atoms with Crippen molar-refractivity contribution in [1.82, 2.24) is 29.9 Å². The lowest BCUT2D eigenvalue weighted by atomic mass is 9.77. The molecule has 0 spiro atoms. The fourth-order valence-electron chi connectivity index (χ4n) is 7.47. The summed E-state index contributed by atoms with van der Waals surface area (Å²) in [6.45, 7) is 7.77. The minimum Gasteiger partial charge on any atom is -0.481 e. The van der Waals surface area contributed by atoms with Crippen LogP contribution < -0.4 is 20.9 Å². The molecule has 2 fully saturated rings. The molecule has 0 radical (unpaired) electrons. The predicted octanol–water partition coefficient (Wildman–Crippen LogP) is 8.08. The molecule has 58 heavy (non-hydrogen) atoms. The zero-order valence-corrected chi connectivity index (χ0v) is 35.1. The Bertz CT molecular complexity index is 2460. The van der Waals surface area contributed by atoms with E-state index in [1.54, 1.807) is 39.2 Å². The Balaban J connectivity index is 1.16. The Morgan fingerprint density at radius 2 is 1.71 bits per heavy atom. The van der Waals surface area contributed by atoms with E-state index >= 15 is 0 Å². The molecular formula is C43H45Cl3N6O6. The highest BCUT2D eigenvalue weighted by molar-refractivity contribution is 6.39. The molecular weight excluding hydrogens is 803 g/mol. The van der Waals surface area contributed by atoms with E-state index in [4.69, 9.17) is 49.3 Å². The average Bonchev–Trinajstić information content (AvgIpc) is 3.57. The Morgan fingerprint density at radius 3 is 2.34 bits per heavy atom. The first kappa shape index (κ1) is 41.4. The molecule has 1 saturated heterocycles. The van der Waals surface area contributed by atoms with E-state index in [1.165, 1.54) is 16.4 Å². The molecule has 2 aliphatic rings. The van der Waals surface area contributed by atoms with Gasteiger partial charge >= 0.3 is 6.09 Å². The predicted molar refractivity (Wildman–Crippen MR) is 225 cm³/mol. The third-order valence-electron chi connectivity index (χ3n) is 10.4. The van der Waals surface area contributed by atoms with E-state index < -0.39 is 17.3 Å². The molecule has 4 heterocycles. The minimum absolute atomic E-state index is 0.0233. The first-order chi connectivity index (χ1) is 27.5. The Morgan fingerprint density at radius 1 is 1.03 bits per heavy atom. The molecule has 12 nitrogen and oxygen atoms in total. The fourth-order valence-corrected chi connectivity index (χ4v) is 8.38. The van der Waals surface area contributed by atoms with Crippen LogP contribution in [0.3, 0.4) is 0 Å². The fraction of sp³-hybridized carbons (Fsp3) is 0.372. The van der Waals surface area contributed by atoms with Crippen molar-refractivity contribution in [2.45, 2.75) is 89.8 Å². The van der Waals surface area contributed by atoms with Gasteiger partial charge in [-0.3, -0.25) is 14.0 Å². The summed E-state index contributed by atoms with van der Waals surface area (Å²) in [4.78, 5) is 49.5. The van der Waals surface area contributed by atoms with Crippen LogP contribution in [0, 0.1) is 0 Å². The first-order valence-corrected chi connectivity index (χ1v) is 20.2. The molecule has 1 atom stereocenters. The third kappa shape index (κ3) is 8.96. The lowest BCUT2D eigenvalue weighted by Gasteiger charge is -2.41. The van der Waals surface area contributed by atoms with Crippen molar-refractivity contribution in [3.8, 4) is 39.4 Å². The van der Waals surface area contributed by atoms with Crippen LogP contribution in [0.15, 0.2) is 71.8 Å². The molecule has 1 aliphatic carbocycles. The van der Waals surface area contributed by atoms with E-state index in [-0.39, 0.29) is 42.5 Å². The van der Waals surface area contributed by atoms with Crippen molar-refractivity contribution in [3.05, 3.63) is 104 Å². The van der Waals surface area contributed by atoms with E-state index in [0.717, 1.165) is 11.1 Å². The normalized spacial score (nSPS) is 19.2. The molecule has 3 N–H and O–H groups in total. The number of amides is 2. The van der Waals surface area contributed by atoms with E-state index in [9.17, 15) is 19.5 Å². The summed E-state index contributed by atoms with van der Waals surface area (Å²) < 4.78 is 12.9. The van der Waals surface area contributed by atoms with E-state index in [0.29, 0.717) is 86.5 Å². The van der Waals surface area contributed by atoms with Crippen LogP contribution in [0.1, 0.15) is 64.5 Å². The van der Waals surface area contributed by atoms with Gasteiger partial charge in [0.2, 0.25) is 11.8 Å². The molecule has 304 valence electrons.